The summed E-state index contributed by atoms with van der Waals surface area (Å²) in [6.45, 7) is 5.15. The summed E-state index contributed by atoms with van der Waals surface area (Å²) in [4.78, 5) is 10.5. The van der Waals surface area contributed by atoms with Crippen molar-refractivity contribution >= 4 is 39.9 Å². The molecule has 6 heterocycles. The van der Waals surface area contributed by atoms with Gasteiger partial charge in [0.2, 0.25) is 0 Å². The van der Waals surface area contributed by atoms with Gasteiger partial charge in [-0.3, -0.25) is 4.98 Å². The van der Waals surface area contributed by atoms with E-state index in [9.17, 15) is 0 Å². The molecule has 3 aliphatic heterocycles. The van der Waals surface area contributed by atoms with E-state index in [1.54, 1.807) is 18.6 Å². The van der Waals surface area contributed by atoms with Crippen LogP contribution in [0.1, 0.15) is 56.9 Å². The molecule has 0 bridgehead atoms. The van der Waals surface area contributed by atoms with Gasteiger partial charge in [-0.2, -0.15) is 5.10 Å². The van der Waals surface area contributed by atoms with Crippen LogP contribution in [0.15, 0.2) is 42.9 Å². The zero-order valence-electron chi connectivity index (χ0n) is 24.5. The fourth-order valence-electron chi connectivity index (χ4n) is 6.75. The van der Waals surface area contributed by atoms with Crippen LogP contribution in [0.5, 0.6) is 5.75 Å². The summed E-state index contributed by atoms with van der Waals surface area (Å²) >= 11 is 12.8. The maximum Gasteiger partial charge on any atom is 0.166 e. The van der Waals surface area contributed by atoms with E-state index in [-0.39, 0.29) is 11.8 Å². The molecule has 3 fully saturated rings. The Labute approximate surface area is 265 Å². The average Bonchev–Trinajstić information content (AvgIpc) is 3.39. The highest BCUT2D eigenvalue weighted by molar-refractivity contribution is 6.35. The van der Waals surface area contributed by atoms with Crippen LogP contribution in [0, 0.1) is 11.7 Å². The number of benzene rings is 1. The Morgan fingerprint density at radius 1 is 1.05 bits per heavy atom. The summed E-state index contributed by atoms with van der Waals surface area (Å²) in [6.07, 6.45) is 8.91. The number of ether oxygens (including phenoxy) is 3. The highest BCUT2D eigenvalue weighted by Crippen LogP contribution is 2.40. The minimum atomic E-state index is -0.443. The molecule has 232 valence electrons. The van der Waals surface area contributed by atoms with E-state index in [1.165, 1.54) is 6.07 Å². The van der Waals surface area contributed by atoms with Gasteiger partial charge < -0.3 is 24.8 Å². The highest BCUT2D eigenvalue weighted by atomic mass is 35.5. The van der Waals surface area contributed by atoms with Crippen LogP contribution in [0.25, 0.3) is 22.2 Å². The van der Waals surface area contributed by atoms with E-state index in [4.69, 9.17) is 48.2 Å². The van der Waals surface area contributed by atoms with Crippen molar-refractivity contribution in [3.8, 4) is 17.0 Å². The first-order valence-electron chi connectivity index (χ1n) is 15.2. The van der Waals surface area contributed by atoms with Crippen LogP contribution in [-0.4, -0.2) is 58.2 Å². The predicted molar refractivity (Wildman–Crippen MR) is 168 cm³/mol. The Morgan fingerprint density at radius 3 is 2.52 bits per heavy atom. The minimum absolute atomic E-state index is 0.207. The summed E-state index contributed by atoms with van der Waals surface area (Å²) in [7, 11) is 0. The Bertz CT molecular complexity index is 1650. The molecule has 1 unspecified atom stereocenters. The Morgan fingerprint density at radius 2 is 1.82 bits per heavy atom. The number of hydrogen-bond donors (Lipinski definition) is 1. The van der Waals surface area contributed by atoms with Gasteiger partial charge in [-0.1, -0.05) is 23.2 Å². The fraction of sp³-hybridized carbons (Fsp3) is 0.469. The second-order valence-corrected chi connectivity index (χ2v) is 12.9. The van der Waals surface area contributed by atoms with E-state index in [2.05, 4.69) is 9.97 Å². The van der Waals surface area contributed by atoms with Crippen molar-refractivity contribution in [3.63, 3.8) is 0 Å². The monoisotopic (exact) mass is 640 g/mol. The van der Waals surface area contributed by atoms with Crippen molar-refractivity contribution in [2.75, 3.05) is 37.8 Å². The molecule has 2 atom stereocenters. The Balaban J connectivity index is 1.20. The third-order valence-corrected chi connectivity index (χ3v) is 9.72. The Kier molecular flexibility index (Phi) is 8.13. The lowest BCUT2D eigenvalue weighted by Gasteiger charge is -2.53. The zero-order valence-corrected chi connectivity index (χ0v) is 26.0. The van der Waals surface area contributed by atoms with Gasteiger partial charge in [0.1, 0.15) is 17.5 Å². The number of fused-ring (bicyclic) bond motifs is 1. The third kappa shape index (κ3) is 5.51. The van der Waals surface area contributed by atoms with Gasteiger partial charge in [-0.15, -0.1) is 0 Å². The van der Waals surface area contributed by atoms with E-state index < -0.39 is 11.9 Å². The first-order chi connectivity index (χ1) is 21.3. The van der Waals surface area contributed by atoms with Crippen LogP contribution >= 0.6 is 23.2 Å². The molecule has 0 saturated carbocycles. The fourth-order valence-corrected chi connectivity index (χ4v) is 7.43. The maximum atomic E-state index is 15.7. The van der Waals surface area contributed by atoms with Crippen LogP contribution in [-0.2, 0) is 9.47 Å². The van der Waals surface area contributed by atoms with Gasteiger partial charge >= 0.3 is 0 Å². The molecule has 44 heavy (non-hydrogen) atoms. The van der Waals surface area contributed by atoms with Crippen molar-refractivity contribution < 1.29 is 18.6 Å². The van der Waals surface area contributed by atoms with Crippen molar-refractivity contribution in [1.82, 2.24) is 19.7 Å². The topological polar surface area (TPSA) is 101 Å². The molecule has 1 aromatic carbocycles. The van der Waals surface area contributed by atoms with Crippen LogP contribution in [0.3, 0.4) is 0 Å². The SMILES string of the molecule is C[C@@H](Oc1ccc2c(c1)c(-c1cnc(N3CC(N)(C4CCOCC4)C3)c(F)c1)nn2C1CCCCO1)c1c(Cl)cncc1Cl. The zero-order chi connectivity index (χ0) is 30.4. The molecule has 0 aliphatic carbocycles. The molecule has 2 N–H and O–H groups in total. The molecular weight excluding hydrogens is 606 g/mol. The number of anilines is 1. The minimum Gasteiger partial charge on any atom is -0.486 e. The normalized spacial score (nSPS) is 21.3. The first kappa shape index (κ1) is 29.7. The van der Waals surface area contributed by atoms with E-state index >= 15 is 4.39 Å². The van der Waals surface area contributed by atoms with Crippen molar-refractivity contribution in [1.29, 1.82) is 0 Å². The second-order valence-electron chi connectivity index (χ2n) is 12.1. The highest BCUT2D eigenvalue weighted by Gasteiger charge is 2.47. The van der Waals surface area contributed by atoms with Gasteiger partial charge in [-0.25, -0.2) is 14.1 Å². The first-order valence-corrected chi connectivity index (χ1v) is 15.9. The van der Waals surface area contributed by atoms with E-state index in [0.717, 1.165) is 56.2 Å². The smallest absolute Gasteiger partial charge is 0.166 e. The maximum absolute atomic E-state index is 15.7. The van der Waals surface area contributed by atoms with E-state index in [0.29, 0.717) is 64.0 Å². The number of pyridine rings is 2. The van der Waals surface area contributed by atoms with Crippen LogP contribution < -0.4 is 15.4 Å². The molecule has 4 aromatic rings. The summed E-state index contributed by atoms with van der Waals surface area (Å²) < 4.78 is 35.5. The summed E-state index contributed by atoms with van der Waals surface area (Å²) in [6, 6.07) is 7.26. The van der Waals surface area contributed by atoms with Crippen LogP contribution in [0.4, 0.5) is 10.2 Å². The molecule has 7 rings (SSSR count). The number of rotatable bonds is 7. The van der Waals surface area contributed by atoms with Gasteiger partial charge in [0.15, 0.2) is 17.9 Å². The predicted octanol–water partition coefficient (Wildman–Crippen LogP) is 6.72. The van der Waals surface area contributed by atoms with Gasteiger partial charge in [-0.05, 0) is 69.2 Å². The lowest BCUT2D eigenvalue weighted by molar-refractivity contribution is -0.0365. The van der Waals surface area contributed by atoms with Crippen molar-refractivity contribution in [2.24, 2.45) is 11.7 Å². The van der Waals surface area contributed by atoms with Crippen molar-refractivity contribution in [3.05, 3.63) is 64.3 Å². The van der Waals surface area contributed by atoms with Gasteiger partial charge in [0.25, 0.3) is 0 Å². The third-order valence-electron chi connectivity index (χ3n) is 9.12. The number of halogens is 3. The molecular formula is C32H35Cl2FN6O3. The quantitative estimate of drug-likeness (QED) is 0.237. The standard InChI is InChI=1S/C32H35Cl2FN6O3/c1-19(29-24(33)15-37-16-25(29)34)44-22-5-6-27-23(13-22)30(39-41(27)28-4-2-3-9-43-28)20-12-26(35)31(38-14-20)40-17-32(36,18-40)21-7-10-42-11-8-21/h5-6,12-16,19,21,28H,2-4,7-11,17-18,36H2,1H3/t19-,28?/m1/s1. The van der Waals surface area contributed by atoms with Crippen LogP contribution in [0.2, 0.25) is 10.0 Å². The average molecular weight is 642 g/mol. The number of hydrogen-bond acceptors (Lipinski definition) is 8. The number of aromatic nitrogens is 4. The molecule has 0 spiro atoms. The lowest BCUT2D eigenvalue weighted by atomic mass is 9.74. The van der Waals surface area contributed by atoms with Crippen molar-refractivity contribution in [2.45, 2.75) is 56.9 Å². The summed E-state index contributed by atoms with van der Waals surface area (Å²) in [5.74, 6) is 0.871. The lowest BCUT2D eigenvalue weighted by Crippen LogP contribution is -2.72. The molecule has 9 nitrogen and oxygen atoms in total. The molecule has 3 saturated heterocycles. The second kappa shape index (κ2) is 12.1. The Hall–Kier alpha value is -3.02. The van der Waals surface area contributed by atoms with Gasteiger partial charge in [0.05, 0.1) is 21.1 Å². The molecule has 3 aromatic heterocycles. The molecule has 0 radical (unpaired) electrons. The molecule has 3 aliphatic rings. The summed E-state index contributed by atoms with van der Waals surface area (Å²) in [5.41, 5.74) is 9.06. The molecule has 12 heteroatoms. The largest absolute Gasteiger partial charge is 0.486 e. The number of nitrogens with zero attached hydrogens (tertiary/aromatic N) is 5. The summed E-state index contributed by atoms with van der Waals surface area (Å²) in [5, 5.41) is 6.61. The number of nitrogens with two attached hydrogens (primary N) is 1. The van der Waals surface area contributed by atoms with E-state index in [1.807, 2.05) is 34.7 Å². The molecule has 0 amide bonds. The van der Waals surface area contributed by atoms with Gasteiger partial charge in [0, 0.05) is 68.0 Å².